The second kappa shape index (κ2) is 9.31. The molecule has 0 aromatic heterocycles. The fourth-order valence-electron chi connectivity index (χ4n) is 4.31. The molecule has 0 atom stereocenters. The summed E-state index contributed by atoms with van der Waals surface area (Å²) in [6.07, 6.45) is 3.56. The first kappa shape index (κ1) is 21.1. The predicted octanol–water partition coefficient (Wildman–Crippen LogP) is 4.90. The van der Waals surface area contributed by atoms with Crippen LogP contribution in [0.2, 0.25) is 0 Å². The van der Waals surface area contributed by atoms with Gasteiger partial charge >= 0.3 is 0 Å². The topological polar surface area (TPSA) is 75.4 Å². The van der Waals surface area contributed by atoms with E-state index in [1.165, 1.54) is 6.07 Å². The van der Waals surface area contributed by atoms with Gasteiger partial charge in [-0.3, -0.25) is 4.79 Å². The number of aliphatic hydroxyl groups is 1. The molecular formula is C26H27FN2O2. The second-order valence-electron chi connectivity index (χ2n) is 8.24. The lowest BCUT2D eigenvalue weighted by atomic mass is 9.91. The third-order valence-corrected chi connectivity index (χ3v) is 5.95. The van der Waals surface area contributed by atoms with E-state index < -0.39 is 5.91 Å². The number of carbonyl (C=O) groups is 1. The monoisotopic (exact) mass is 418 g/mol. The largest absolute Gasteiger partial charge is 0.393 e. The summed E-state index contributed by atoms with van der Waals surface area (Å²) in [5.74, 6) is -0.720. The first-order chi connectivity index (χ1) is 15.0. The molecule has 4 N–H and O–H groups in total. The highest BCUT2D eigenvalue weighted by Crippen LogP contribution is 2.31. The van der Waals surface area contributed by atoms with Gasteiger partial charge in [0.15, 0.2) is 0 Å². The van der Waals surface area contributed by atoms with E-state index in [1.54, 1.807) is 18.2 Å². The Morgan fingerprint density at radius 2 is 1.77 bits per heavy atom. The minimum Gasteiger partial charge on any atom is -0.393 e. The zero-order valence-electron chi connectivity index (χ0n) is 17.4. The minimum absolute atomic E-state index is 0.194. The Labute approximate surface area is 181 Å². The van der Waals surface area contributed by atoms with Crippen LogP contribution in [-0.2, 0) is 6.42 Å². The van der Waals surface area contributed by atoms with Crippen molar-refractivity contribution in [2.75, 3.05) is 5.32 Å². The van der Waals surface area contributed by atoms with E-state index in [0.29, 0.717) is 17.7 Å². The van der Waals surface area contributed by atoms with Gasteiger partial charge in [0.2, 0.25) is 0 Å². The van der Waals surface area contributed by atoms with E-state index in [9.17, 15) is 14.3 Å². The summed E-state index contributed by atoms with van der Waals surface area (Å²) in [6.45, 7) is 0. The number of aliphatic hydroxyl groups excluding tert-OH is 1. The van der Waals surface area contributed by atoms with Gasteiger partial charge in [-0.15, -0.1) is 0 Å². The maximum Gasteiger partial charge on any atom is 0.250 e. The van der Waals surface area contributed by atoms with Crippen LogP contribution in [0.25, 0.3) is 11.1 Å². The third kappa shape index (κ3) is 5.12. The van der Waals surface area contributed by atoms with Crippen molar-refractivity contribution in [2.24, 2.45) is 5.73 Å². The highest BCUT2D eigenvalue weighted by Gasteiger charge is 2.21. The lowest BCUT2D eigenvalue weighted by Crippen LogP contribution is -2.29. The Kier molecular flexibility index (Phi) is 6.33. The average molecular weight is 419 g/mol. The molecule has 1 saturated carbocycles. The van der Waals surface area contributed by atoms with Crippen LogP contribution in [-0.4, -0.2) is 23.2 Å². The van der Waals surface area contributed by atoms with E-state index in [0.717, 1.165) is 47.9 Å². The van der Waals surface area contributed by atoms with Crippen LogP contribution in [0.1, 0.15) is 47.2 Å². The van der Waals surface area contributed by atoms with Gasteiger partial charge in [-0.1, -0.05) is 42.5 Å². The molecule has 1 aliphatic rings. The average Bonchev–Trinajstić information content (AvgIpc) is 2.75. The number of halogens is 1. The zero-order chi connectivity index (χ0) is 21.8. The summed E-state index contributed by atoms with van der Waals surface area (Å²) in [5, 5.41) is 13.2. The Bertz CT molecular complexity index is 1070. The molecule has 0 heterocycles. The smallest absolute Gasteiger partial charge is 0.250 e. The van der Waals surface area contributed by atoms with Crippen molar-refractivity contribution in [2.45, 2.75) is 44.2 Å². The van der Waals surface area contributed by atoms with Gasteiger partial charge in [0.05, 0.1) is 11.7 Å². The highest BCUT2D eigenvalue weighted by atomic mass is 19.1. The van der Waals surface area contributed by atoms with Crippen molar-refractivity contribution in [3.05, 3.63) is 89.2 Å². The van der Waals surface area contributed by atoms with Crippen LogP contribution >= 0.6 is 0 Å². The number of benzene rings is 3. The number of hydrogen-bond acceptors (Lipinski definition) is 3. The van der Waals surface area contributed by atoms with E-state index in [4.69, 9.17) is 5.73 Å². The number of nitrogens with two attached hydrogens (primary N) is 1. The molecular weight excluding hydrogens is 391 g/mol. The summed E-state index contributed by atoms with van der Waals surface area (Å²) in [6, 6.07) is 20.5. The minimum atomic E-state index is -0.474. The molecule has 0 unspecified atom stereocenters. The number of nitrogens with one attached hydrogen (secondary N) is 1. The van der Waals surface area contributed by atoms with Gasteiger partial charge in [0.1, 0.15) is 5.82 Å². The summed E-state index contributed by atoms with van der Waals surface area (Å²) in [4.78, 5) is 12.0. The fourth-order valence-corrected chi connectivity index (χ4v) is 4.31. The summed E-state index contributed by atoms with van der Waals surface area (Å²) < 4.78 is 13.6. The van der Waals surface area contributed by atoms with Gasteiger partial charge in [0, 0.05) is 11.7 Å². The van der Waals surface area contributed by atoms with Gasteiger partial charge in [-0.2, -0.15) is 0 Å². The zero-order valence-corrected chi connectivity index (χ0v) is 17.4. The molecule has 0 radical (unpaired) electrons. The standard InChI is InChI=1S/C26H27FN2O2/c27-20-6-3-4-17(15-20)14-18-5-1-2-7-23(18)19-8-13-24(26(28)31)25(16-19)29-21-9-11-22(30)12-10-21/h1-8,13,15-16,21-22,29-30H,9-12,14H2,(H2,28,31). The SMILES string of the molecule is NC(=O)c1ccc(-c2ccccc2Cc2cccc(F)c2)cc1NC1CCC(O)CC1. The molecule has 0 aliphatic heterocycles. The molecule has 4 nitrogen and oxygen atoms in total. The molecule has 1 aliphatic carbocycles. The molecule has 31 heavy (non-hydrogen) atoms. The van der Waals surface area contributed by atoms with E-state index in [1.807, 2.05) is 42.5 Å². The first-order valence-electron chi connectivity index (χ1n) is 10.7. The van der Waals surface area contributed by atoms with Crippen LogP contribution in [0.4, 0.5) is 10.1 Å². The van der Waals surface area contributed by atoms with Crippen LogP contribution in [0.5, 0.6) is 0 Å². The lowest BCUT2D eigenvalue weighted by molar-refractivity contribution is 0.100. The second-order valence-corrected chi connectivity index (χ2v) is 8.24. The molecule has 4 rings (SSSR count). The van der Waals surface area contributed by atoms with Crippen molar-refractivity contribution >= 4 is 11.6 Å². The highest BCUT2D eigenvalue weighted by molar-refractivity contribution is 5.99. The van der Waals surface area contributed by atoms with E-state index >= 15 is 0 Å². The van der Waals surface area contributed by atoms with Crippen LogP contribution in [0.3, 0.4) is 0 Å². The maximum absolute atomic E-state index is 13.6. The van der Waals surface area contributed by atoms with Crippen molar-refractivity contribution in [3.63, 3.8) is 0 Å². The quantitative estimate of drug-likeness (QED) is 0.533. The Hall–Kier alpha value is -3.18. The van der Waals surface area contributed by atoms with E-state index in [-0.39, 0.29) is 18.0 Å². The van der Waals surface area contributed by atoms with Crippen molar-refractivity contribution in [1.82, 2.24) is 0 Å². The Balaban J connectivity index is 1.66. The van der Waals surface area contributed by atoms with Gasteiger partial charge in [-0.25, -0.2) is 4.39 Å². The molecule has 1 fully saturated rings. The molecule has 0 bridgehead atoms. The Morgan fingerprint density at radius 3 is 2.52 bits per heavy atom. The summed E-state index contributed by atoms with van der Waals surface area (Å²) >= 11 is 0. The van der Waals surface area contributed by atoms with E-state index in [2.05, 4.69) is 5.32 Å². The maximum atomic E-state index is 13.6. The predicted molar refractivity (Wildman–Crippen MR) is 121 cm³/mol. The number of amides is 1. The normalized spacial score (nSPS) is 18.5. The molecule has 1 amide bonds. The molecule has 3 aromatic carbocycles. The number of hydrogen-bond donors (Lipinski definition) is 3. The van der Waals surface area contributed by atoms with Crippen molar-refractivity contribution in [3.8, 4) is 11.1 Å². The summed E-state index contributed by atoms with van der Waals surface area (Å²) in [7, 11) is 0. The number of rotatable bonds is 6. The van der Waals surface area contributed by atoms with Gasteiger partial charge in [-0.05, 0) is 78.6 Å². The van der Waals surface area contributed by atoms with Crippen LogP contribution in [0.15, 0.2) is 66.7 Å². The van der Waals surface area contributed by atoms with Crippen LogP contribution < -0.4 is 11.1 Å². The van der Waals surface area contributed by atoms with Crippen molar-refractivity contribution in [1.29, 1.82) is 0 Å². The molecule has 160 valence electrons. The van der Waals surface area contributed by atoms with Gasteiger partial charge in [0.25, 0.3) is 5.91 Å². The molecule has 0 spiro atoms. The third-order valence-electron chi connectivity index (χ3n) is 5.95. The lowest BCUT2D eigenvalue weighted by Gasteiger charge is -2.28. The molecule has 0 saturated heterocycles. The van der Waals surface area contributed by atoms with Gasteiger partial charge < -0.3 is 16.2 Å². The number of carbonyl (C=O) groups excluding carboxylic acids is 1. The molecule has 5 heteroatoms. The van der Waals surface area contributed by atoms with Crippen molar-refractivity contribution < 1.29 is 14.3 Å². The summed E-state index contributed by atoms with van der Waals surface area (Å²) in [5.41, 5.74) is 10.8. The number of anilines is 1. The number of primary amides is 1. The fraction of sp³-hybridized carbons (Fsp3) is 0.269. The van der Waals surface area contributed by atoms with Crippen LogP contribution in [0, 0.1) is 5.82 Å². The molecule has 3 aromatic rings. The Morgan fingerprint density at radius 1 is 1.00 bits per heavy atom. The first-order valence-corrected chi connectivity index (χ1v) is 10.7.